The van der Waals surface area contributed by atoms with E-state index in [9.17, 15) is 0 Å². The molecular formula is C16H28N2. The SMILES string of the molecule is CCCCCCCC(C)(CN)Nc1ccccc1. The topological polar surface area (TPSA) is 38.0 Å². The predicted molar refractivity (Wildman–Crippen MR) is 80.9 cm³/mol. The van der Waals surface area contributed by atoms with Crippen LogP contribution in [-0.2, 0) is 0 Å². The number of unbranched alkanes of at least 4 members (excludes halogenated alkanes) is 4. The number of rotatable bonds is 9. The first-order chi connectivity index (χ1) is 8.70. The van der Waals surface area contributed by atoms with E-state index in [1.54, 1.807) is 0 Å². The number of hydrogen-bond acceptors (Lipinski definition) is 2. The maximum Gasteiger partial charge on any atom is 0.0467 e. The lowest BCUT2D eigenvalue weighted by Crippen LogP contribution is -2.42. The van der Waals surface area contributed by atoms with Gasteiger partial charge in [-0.15, -0.1) is 0 Å². The number of nitrogens with one attached hydrogen (secondary N) is 1. The summed E-state index contributed by atoms with van der Waals surface area (Å²) in [4.78, 5) is 0. The average Bonchev–Trinajstić information content (AvgIpc) is 2.40. The van der Waals surface area contributed by atoms with Gasteiger partial charge in [-0.2, -0.15) is 0 Å². The van der Waals surface area contributed by atoms with Crippen molar-refractivity contribution in [1.82, 2.24) is 0 Å². The Morgan fingerprint density at radius 2 is 1.72 bits per heavy atom. The Balaban J connectivity index is 2.37. The third-order valence-corrected chi connectivity index (χ3v) is 3.50. The van der Waals surface area contributed by atoms with Crippen LogP contribution in [0.5, 0.6) is 0 Å². The Labute approximate surface area is 112 Å². The molecule has 102 valence electrons. The van der Waals surface area contributed by atoms with E-state index in [1.807, 2.05) is 6.07 Å². The van der Waals surface area contributed by atoms with Crippen molar-refractivity contribution < 1.29 is 0 Å². The molecule has 2 heteroatoms. The van der Waals surface area contributed by atoms with Crippen molar-refractivity contribution >= 4 is 5.69 Å². The predicted octanol–water partition coefficient (Wildman–Crippen LogP) is 4.18. The Morgan fingerprint density at radius 1 is 1.06 bits per heavy atom. The maximum absolute atomic E-state index is 5.93. The monoisotopic (exact) mass is 248 g/mol. The smallest absolute Gasteiger partial charge is 0.0467 e. The standard InChI is InChI=1S/C16H28N2/c1-3-4-5-6-10-13-16(2,14-17)18-15-11-8-7-9-12-15/h7-9,11-12,18H,3-6,10,13-14,17H2,1-2H3. The highest BCUT2D eigenvalue weighted by Crippen LogP contribution is 2.20. The maximum atomic E-state index is 5.93. The second kappa shape index (κ2) is 8.15. The minimum atomic E-state index is 0.0214. The van der Waals surface area contributed by atoms with E-state index >= 15 is 0 Å². The van der Waals surface area contributed by atoms with Gasteiger partial charge < -0.3 is 11.1 Å². The van der Waals surface area contributed by atoms with Crippen molar-refractivity contribution in [3.63, 3.8) is 0 Å². The zero-order chi connectivity index (χ0) is 13.3. The lowest BCUT2D eigenvalue weighted by Gasteiger charge is -2.30. The molecule has 0 aliphatic heterocycles. The van der Waals surface area contributed by atoms with Crippen LogP contribution in [0.1, 0.15) is 52.4 Å². The van der Waals surface area contributed by atoms with Crippen LogP contribution in [-0.4, -0.2) is 12.1 Å². The molecule has 18 heavy (non-hydrogen) atoms. The summed E-state index contributed by atoms with van der Waals surface area (Å²) in [5.74, 6) is 0. The fraction of sp³-hybridized carbons (Fsp3) is 0.625. The van der Waals surface area contributed by atoms with Crippen LogP contribution < -0.4 is 11.1 Å². The summed E-state index contributed by atoms with van der Waals surface area (Å²) in [5, 5.41) is 3.57. The molecule has 2 nitrogen and oxygen atoms in total. The van der Waals surface area contributed by atoms with Gasteiger partial charge in [-0.3, -0.25) is 0 Å². The van der Waals surface area contributed by atoms with Gasteiger partial charge in [-0.25, -0.2) is 0 Å². The summed E-state index contributed by atoms with van der Waals surface area (Å²) in [7, 11) is 0. The Hall–Kier alpha value is -1.02. The molecule has 0 heterocycles. The molecule has 0 bridgehead atoms. The molecule has 0 fully saturated rings. The van der Waals surface area contributed by atoms with Gasteiger partial charge in [0.15, 0.2) is 0 Å². The van der Waals surface area contributed by atoms with Crippen molar-refractivity contribution in [2.24, 2.45) is 5.73 Å². The van der Waals surface area contributed by atoms with Crippen LogP contribution in [0.15, 0.2) is 30.3 Å². The third kappa shape index (κ3) is 5.54. The molecule has 1 aromatic rings. The largest absolute Gasteiger partial charge is 0.379 e. The quantitative estimate of drug-likeness (QED) is 0.643. The zero-order valence-electron chi connectivity index (χ0n) is 11.9. The zero-order valence-corrected chi connectivity index (χ0v) is 11.9. The van der Waals surface area contributed by atoms with Gasteiger partial charge in [0.2, 0.25) is 0 Å². The van der Waals surface area contributed by atoms with Crippen molar-refractivity contribution in [2.75, 3.05) is 11.9 Å². The molecule has 1 unspecified atom stereocenters. The normalized spacial score (nSPS) is 14.2. The summed E-state index contributed by atoms with van der Waals surface area (Å²) in [5.41, 5.74) is 7.12. The van der Waals surface area contributed by atoms with Gasteiger partial charge in [0, 0.05) is 17.8 Å². The molecule has 0 saturated carbocycles. The minimum absolute atomic E-state index is 0.0214. The molecule has 3 N–H and O–H groups in total. The Morgan fingerprint density at radius 3 is 2.33 bits per heavy atom. The second-order valence-corrected chi connectivity index (χ2v) is 5.42. The van der Waals surface area contributed by atoms with Crippen LogP contribution in [0, 0.1) is 0 Å². The number of benzene rings is 1. The van der Waals surface area contributed by atoms with E-state index in [1.165, 1.54) is 37.8 Å². The van der Waals surface area contributed by atoms with Gasteiger partial charge in [-0.05, 0) is 25.5 Å². The van der Waals surface area contributed by atoms with E-state index in [-0.39, 0.29) is 5.54 Å². The fourth-order valence-electron chi connectivity index (χ4n) is 2.20. The van der Waals surface area contributed by atoms with Gasteiger partial charge in [-0.1, -0.05) is 57.2 Å². The number of hydrogen-bond donors (Lipinski definition) is 2. The highest BCUT2D eigenvalue weighted by atomic mass is 15.0. The first kappa shape index (κ1) is 15.0. The molecular weight excluding hydrogens is 220 g/mol. The van der Waals surface area contributed by atoms with Crippen LogP contribution in [0.4, 0.5) is 5.69 Å². The van der Waals surface area contributed by atoms with Crippen molar-refractivity contribution in [2.45, 2.75) is 57.9 Å². The van der Waals surface area contributed by atoms with E-state index in [0.717, 1.165) is 6.42 Å². The molecule has 1 aromatic carbocycles. The third-order valence-electron chi connectivity index (χ3n) is 3.50. The Bertz CT molecular complexity index is 310. The number of para-hydroxylation sites is 1. The fourth-order valence-corrected chi connectivity index (χ4v) is 2.20. The molecule has 0 aliphatic rings. The van der Waals surface area contributed by atoms with Crippen LogP contribution in [0.3, 0.4) is 0 Å². The Kier molecular flexibility index (Phi) is 6.81. The van der Waals surface area contributed by atoms with Crippen LogP contribution in [0.2, 0.25) is 0 Å². The molecule has 1 rings (SSSR count). The summed E-state index contributed by atoms with van der Waals surface area (Å²) in [6.45, 7) is 5.15. The summed E-state index contributed by atoms with van der Waals surface area (Å²) >= 11 is 0. The molecule has 0 radical (unpaired) electrons. The molecule has 0 aliphatic carbocycles. The first-order valence-electron chi connectivity index (χ1n) is 7.23. The van der Waals surface area contributed by atoms with Crippen molar-refractivity contribution in [3.05, 3.63) is 30.3 Å². The summed E-state index contributed by atoms with van der Waals surface area (Å²) in [6.07, 6.45) is 7.72. The second-order valence-electron chi connectivity index (χ2n) is 5.42. The molecule has 1 atom stereocenters. The van der Waals surface area contributed by atoms with Gasteiger partial charge in [0.05, 0.1) is 0 Å². The molecule has 0 spiro atoms. The van der Waals surface area contributed by atoms with Crippen LogP contribution >= 0.6 is 0 Å². The number of anilines is 1. The molecule has 0 saturated heterocycles. The van der Waals surface area contributed by atoms with Gasteiger partial charge in [0.25, 0.3) is 0 Å². The lowest BCUT2D eigenvalue weighted by molar-refractivity contribution is 0.449. The lowest BCUT2D eigenvalue weighted by atomic mass is 9.93. The van der Waals surface area contributed by atoms with E-state index in [2.05, 4.69) is 43.4 Å². The van der Waals surface area contributed by atoms with E-state index in [0.29, 0.717) is 6.54 Å². The summed E-state index contributed by atoms with van der Waals surface area (Å²) < 4.78 is 0. The first-order valence-corrected chi connectivity index (χ1v) is 7.23. The van der Waals surface area contributed by atoms with Crippen molar-refractivity contribution in [1.29, 1.82) is 0 Å². The van der Waals surface area contributed by atoms with E-state index in [4.69, 9.17) is 5.73 Å². The van der Waals surface area contributed by atoms with Crippen LogP contribution in [0.25, 0.3) is 0 Å². The minimum Gasteiger partial charge on any atom is -0.379 e. The van der Waals surface area contributed by atoms with E-state index < -0.39 is 0 Å². The molecule has 0 amide bonds. The average molecular weight is 248 g/mol. The molecule has 0 aromatic heterocycles. The summed E-state index contributed by atoms with van der Waals surface area (Å²) in [6, 6.07) is 10.4. The highest BCUT2D eigenvalue weighted by molar-refractivity contribution is 5.45. The van der Waals surface area contributed by atoms with Crippen molar-refractivity contribution in [3.8, 4) is 0 Å². The van der Waals surface area contributed by atoms with Gasteiger partial charge in [0.1, 0.15) is 0 Å². The highest BCUT2D eigenvalue weighted by Gasteiger charge is 2.21. The number of nitrogens with two attached hydrogens (primary N) is 1. The van der Waals surface area contributed by atoms with Gasteiger partial charge >= 0.3 is 0 Å².